The van der Waals surface area contributed by atoms with Gasteiger partial charge in [0.15, 0.2) is 0 Å². The number of aromatic nitrogens is 3. The van der Waals surface area contributed by atoms with Crippen molar-refractivity contribution >= 4 is 10.9 Å². The van der Waals surface area contributed by atoms with Crippen molar-refractivity contribution in [2.24, 2.45) is 0 Å². The van der Waals surface area contributed by atoms with E-state index in [1.54, 1.807) is 0 Å². The highest BCUT2D eigenvalue weighted by Crippen LogP contribution is 2.37. The predicted molar refractivity (Wildman–Crippen MR) is 85.5 cm³/mol. The highest BCUT2D eigenvalue weighted by Gasteiger charge is 2.22. The normalized spacial score (nSPS) is 16.6. The lowest BCUT2D eigenvalue weighted by atomic mass is 9.85. The van der Waals surface area contributed by atoms with Crippen molar-refractivity contribution in [3.8, 4) is 0 Å². The number of rotatable bonds is 3. The monoisotopic (exact) mass is 279 g/mol. The molecule has 3 nitrogen and oxygen atoms in total. The number of benzene rings is 1. The van der Waals surface area contributed by atoms with Crippen LogP contribution in [0, 0.1) is 0 Å². The second kappa shape index (κ2) is 5.40. The van der Waals surface area contributed by atoms with Gasteiger partial charge in [-0.2, -0.15) is 0 Å². The third-order valence-electron chi connectivity index (χ3n) is 4.76. The van der Waals surface area contributed by atoms with Crippen LogP contribution in [0.15, 0.2) is 43.0 Å². The molecule has 1 saturated carbocycles. The molecule has 0 saturated heterocycles. The minimum Gasteiger partial charge on any atom is -0.358 e. The van der Waals surface area contributed by atoms with E-state index in [0.717, 1.165) is 6.54 Å². The van der Waals surface area contributed by atoms with Gasteiger partial charge in [-0.25, -0.2) is 4.98 Å². The molecule has 3 heteroatoms. The Morgan fingerprint density at radius 1 is 1.14 bits per heavy atom. The Morgan fingerprint density at radius 3 is 2.81 bits per heavy atom. The van der Waals surface area contributed by atoms with Crippen LogP contribution in [0.1, 0.15) is 49.3 Å². The smallest absolute Gasteiger partial charge is 0.0949 e. The second-order valence-electron chi connectivity index (χ2n) is 6.13. The van der Waals surface area contributed by atoms with E-state index in [1.165, 1.54) is 54.3 Å². The molecular weight excluding hydrogens is 258 g/mol. The fraction of sp³-hybridized carbons (Fsp3) is 0.389. The van der Waals surface area contributed by atoms with Gasteiger partial charge in [-0.3, -0.25) is 0 Å². The molecule has 3 aromatic rings. The molecule has 1 aliphatic rings. The maximum absolute atomic E-state index is 4.18. The number of fused-ring (bicyclic) bond motifs is 1. The summed E-state index contributed by atoms with van der Waals surface area (Å²) in [6, 6.07) is 8.69. The Morgan fingerprint density at radius 2 is 2.00 bits per heavy atom. The van der Waals surface area contributed by atoms with Crippen molar-refractivity contribution < 1.29 is 0 Å². The molecule has 4 rings (SSSR count). The Balaban J connectivity index is 1.80. The zero-order chi connectivity index (χ0) is 14.1. The Labute approximate surface area is 125 Å². The van der Waals surface area contributed by atoms with Gasteiger partial charge < -0.3 is 9.55 Å². The lowest BCUT2D eigenvalue weighted by Crippen LogP contribution is -2.08. The Bertz CT molecular complexity index is 718. The van der Waals surface area contributed by atoms with Gasteiger partial charge >= 0.3 is 0 Å². The van der Waals surface area contributed by atoms with Crippen LogP contribution in [0.5, 0.6) is 0 Å². The van der Waals surface area contributed by atoms with Crippen molar-refractivity contribution in [2.45, 2.75) is 44.6 Å². The molecule has 0 spiro atoms. The molecule has 2 heterocycles. The first kappa shape index (κ1) is 12.7. The standard InChI is InChI=1S/C18H21N3/c1-2-6-14(7-3-1)18-16(12-21-11-10-19-13-21)15-8-4-5-9-17(15)20-18/h4-5,8-11,13-14,20H,1-3,6-7,12H2. The van der Waals surface area contributed by atoms with E-state index in [9.17, 15) is 0 Å². The maximum atomic E-state index is 4.18. The number of imidazole rings is 1. The molecule has 0 atom stereocenters. The number of para-hydroxylation sites is 1. The van der Waals surface area contributed by atoms with E-state index in [2.05, 4.69) is 38.8 Å². The minimum absolute atomic E-state index is 0.699. The highest BCUT2D eigenvalue weighted by molar-refractivity contribution is 5.84. The number of hydrogen-bond donors (Lipinski definition) is 1. The van der Waals surface area contributed by atoms with Crippen molar-refractivity contribution in [3.63, 3.8) is 0 Å². The van der Waals surface area contributed by atoms with Crippen LogP contribution in [0.2, 0.25) is 0 Å². The van der Waals surface area contributed by atoms with Gasteiger partial charge in [0.25, 0.3) is 0 Å². The molecule has 2 aromatic heterocycles. The molecule has 1 N–H and O–H groups in total. The summed E-state index contributed by atoms with van der Waals surface area (Å²) < 4.78 is 2.17. The fourth-order valence-electron chi connectivity index (χ4n) is 3.69. The number of hydrogen-bond acceptors (Lipinski definition) is 1. The Hall–Kier alpha value is -2.03. The van der Waals surface area contributed by atoms with Crippen LogP contribution >= 0.6 is 0 Å². The number of H-pyrrole nitrogens is 1. The molecule has 1 fully saturated rings. The third kappa shape index (κ3) is 2.37. The summed E-state index contributed by atoms with van der Waals surface area (Å²) in [4.78, 5) is 7.89. The molecule has 1 aliphatic carbocycles. The Kier molecular flexibility index (Phi) is 3.26. The van der Waals surface area contributed by atoms with Gasteiger partial charge in [-0.05, 0) is 24.8 Å². The lowest BCUT2D eigenvalue weighted by Gasteiger charge is -2.22. The van der Waals surface area contributed by atoms with Gasteiger partial charge in [-0.1, -0.05) is 37.5 Å². The van der Waals surface area contributed by atoms with Crippen LogP contribution in [0.25, 0.3) is 10.9 Å². The zero-order valence-corrected chi connectivity index (χ0v) is 12.3. The van der Waals surface area contributed by atoms with Crippen LogP contribution in [0.4, 0.5) is 0 Å². The first-order valence-electron chi connectivity index (χ1n) is 7.97. The van der Waals surface area contributed by atoms with Gasteiger partial charge in [0.1, 0.15) is 0 Å². The van der Waals surface area contributed by atoms with E-state index in [4.69, 9.17) is 0 Å². The first-order chi connectivity index (χ1) is 10.4. The average molecular weight is 279 g/mol. The molecule has 0 radical (unpaired) electrons. The maximum Gasteiger partial charge on any atom is 0.0949 e. The topological polar surface area (TPSA) is 33.6 Å². The SMILES string of the molecule is c1ccc2c(Cn3ccnc3)c(C3CCCCC3)[nH]c2c1. The number of nitrogens with one attached hydrogen (secondary N) is 1. The van der Waals surface area contributed by atoms with Crippen molar-refractivity contribution in [1.29, 1.82) is 0 Å². The van der Waals surface area contributed by atoms with Crippen molar-refractivity contribution in [2.75, 3.05) is 0 Å². The fourth-order valence-corrected chi connectivity index (χ4v) is 3.69. The number of aromatic amines is 1. The second-order valence-corrected chi connectivity index (χ2v) is 6.13. The quantitative estimate of drug-likeness (QED) is 0.754. The molecule has 108 valence electrons. The number of nitrogens with zero attached hydrogens (tertiary/aromatic N) is 2. The van der Waals surface area contributed by atoms with E-state index in [0.29, 0.717) is 5.92 Å². The van der Waals surface area contributed by atoms with Crippen LogP contribution in [-0.2, 0) is 6.54 Å². The van der Waals surface area contributed by atoms with Crippen LogP contribution < -0.4 is 0 Å². The molecule has 0 unspecified atom stereocenters. The first-order valence-corrected chi connectivity index (χ1v) is 7.97. The molecule has 0 aliphatic heterocycles. The summed E-state index contributed by atoms with van der Waals surface area (Å²) >= 11 is 0. The lowest BCUT2D eigenvalue weighted by molar-refractivity contribution is 0.435. The molecular formula is C18H21N3. The van der Waals surface area contributed by atoms with Crippen molar-refractivity contribution in [3.05, 3.63) is 54.2 Å². The summed E-state index contributed by atoms with van der Waals surface area (Å²) in [5.74, 6) is 0.699. The van der Waals surface area contributed by atoms with E-state index in [1.807, 2.05) is 18.7 Å². The molecule has 0 amide bonds. The average Bonchev–Trinajstić information content (AvgIpc) is 3.17. The largest absolute Gasteiger partial charge is 0.358 e. The summed E-state index contributed by atoms with van der Waals surface area (Å²) in [6.07, 6.45) is 12.6. The summed E-state index contributed by atoms with van der Waals surface area (Å²) in [7, 11) is 0. The molecule has 0 bridgehead atoms. The van der Waals surface area contributed by atoms with Gasteiger partial charge in [0.2, 0.25) is 0 Å². The third-order valence-corrected chi connectivity index (χ3v) is 4.76. The van der Waals surface area contributed by atoms with Gasteiger partial charge in [0, 0.05) is 34.6 Å². The summed E-state index contributed by atoms with van der Waals surface area (Å²) in [6.45, 7) is 0.913. The van der Waals surface area contributed by atoms with E-state index in [-0.39, 0.29) is 0 Å². The van der Waals surface area contributed by atoms with Crippen LogP contribution in [-0.4, -0.2) is 14.5 Å². The highest BCUT2D eigenvalue weighted by atomic mass is 15.0. The van der Waals surface area contributed by atoms with Gasteiger partial charge in [0.05, 0.1) is 12.9 Å². The summed E-state index contributed by atoms with van der Waals surface area (Å²) in [5.41, 5.74) is 4.19. The minimum atomic E-state index is 0.699. The van der Waals surface area contributed by atoms with Crippen molar-refractivity contribution in [1.82, 2.24) is 14.5 Å². The van der Waals surface area contributed by atoms with E-state index >= 15 is 0 Å². The zero-order valence-electron chi connectivity index (χ0n) is 12.3. The summed E-state index contributed by atoms with van der Waals surface area (Å²) in [5, 5.41) is 1.37. The van der Waals surface area contributed by atoms with Crippen LogP contribution in [0.3, 0.4) is 0 Å². The predicted octanol–water partition coefficient (Wildman–Crippen LogP) is 4.46. The van der Waals surface area contributed by atoms with Gasteiger partial charge in [-0.15, -0.1) is 0 Å². The molecule has 21 heavy (non-hydrogen) atoms. The molecule has 1 aromatic carbocycles. The van der Waals surface area contributed by atoms with E-state index < -0.39 is 0 Å².